The summed E-state index contributed by atoms with van der Waals surface area (Å²) in [5.41, 5.74) is -3.10. The monoisotopic (exact) mass is 315 g/mol. The second kappa shape index (κ2) is 3.64. The standard InChI is InChI=1S/C12H11ClFN3O4/c1-11-9(19)12(11,20)2-5(21-11)17-3-4(14)6-7(17)15-10(13)16-8(6)18/h3,5,9,19-20H,2H2,1H3,(H,15,16,18)/t5-,9?,11-,12-/m1/s1. The van der Waals surface area contributed by atoms with Gasteiger partial charge in [-0.05, 0) is 18.5 Å². The SMILES string of the molecule is C[C@]12O[C@@H](n3cc(F)c4c(=O)[nH]c(Cl)nc43)C[C@@]1(O)C2O. The van der Waals surface area contributed by atoms with E-state index in [1.54, 1.807) is 6.92 Å². The maximum absolute atomic E-state index is 13.9. The first kappa shape index (κ1) is 13.2. The summed E-state index contributed by atoms with van der Waals surface area (Å²) in [6, 6.07) is 0. The van der Waals surface area contributed by atoms with Crippen LogP contribution in [0.5, 0.6) is 0 Å². The van der Waals surface area contributed by atoms with Crippen molar-refractivity contribution in [2.75, 3.05) is 0 Å². The van der Waals surface area contributed by atoms with E-state index in [9.17, 15) is 19.4 Å². The van der Waals surface area contributed by atoms with Crippen LogP contribution in [0.3, 0.4) is 0 Å². The van der Waals surface area contributed by atoms with Crippen LogP contribution in [0.15, 0.2) is 11.0 Å². The van der Waals surface area contributed by atoms with Crippen molar-refractivity contribution in [1.82, 2.24) is 14.5 Å². The molecule has 112 valence electrons. The van der Waals surface area contributed by atoms with Crippen molar-refractivity contribution in [2.24, 2.45) is 0 Å². The number of H-pyrrole nitrogens is 1. The first-order chi connectivity index (χ1) is 9.78. The lowest BCUT2D eigenvalue weighted by Gasteiger charge is -2.18. The van der Waals surface area contributed by atoms with Crippen molar-refractivity contribution < 1.29 is 19.3 Å². The Morgan fingerprint density at radius 2 is 2.38 bits per heavy atom. The number of ether oxygens (including phenoxy) is 1. The van der Waals surface area contributed by atoms with Crippen LogP contribution < -0.4 is 5.56 Å². The molecule has 0 bridgehead atoms. The number of rotatable bonds is 1. The van der Waals surface area contributed by atoms with E-state index >= 15 is 0 Å². The van der Waals surface area contributed by atoms with Gasteiger partial charge < -0.3 is 19.5 Å². The van der Waals surface area contributed by atoms with Gasteiger partial charge in [0.05, 0.1) is 0 Å². The fourth-order valence-corrected chi connectivity index (χ4v) is 3.32. The average Bonchev–Trinajstić information content (AvgIpc) is 2.71. The fourth-order valence-electron chi connectivity index (χ4n) is 3.15. The van der Waals surface area contributed by atoms with Crippen LogP contribution >= 0.6 is 11.6 Å². The number of fused-ring (bicyclic) bond motifs is 2. The Kier molecular flexibility index (Phi) is 2.29. The Bertz CT molecular complexity index is 818. The van der Waals surface area contributed by atoms with E-state index in [-0.39, 0.29) is 22.7 Å². The molecule has 3 heterocycles. The molecule has 2 aromatic heterocycles. The molecule has 3 N–H and O–H groups in total. The third-order valence-corrected chi connectivity index (χ3v) is 4.71. The average molecular weight is 316 g/mol. The molecule has 9 heteroatoms. The molecule has 2 fully saturated rings. The Morgan fingerprint density at radius 3 is 3.00 bits per heavy atom. The zero-order chi connectivity index (χ0) is 15.2. The maximum atomic E-state index is 13.9. The van der Waals surface area contributed by atoms with Crippen LogP contribution in [0, 0.1) is 5.82 Å². The highest BCUT2D eigenvalue weighted by Crippen LogP contribution is 2.62. The summed E-state index contributed by atoms with van der Waals surface area (Å²) in [7, 11) is 0. The predicted octanol–water partition coefficient (Wildman–Crippen LogP) is 0.300. The zero-order valence-corrected chi connectivity index (χ0v) is 11.6. The van der Waals surface area contributed by atoms with Crippen LogP contribution in [0.4, 0.5) is 4.39 Å². The first-order valence-corrected chi connectivity index (χ1v) is 6.70. The van der Waals surface area contributed by atoms with Crippen LogP contribution in [0.1, 0.15) is 19.6 Å². The van der Waals surface area contributed by atoms with Crippen LogP contribution in [-0.2, 0) is 4.74 Å². The molecular weight excluding hydrogens is 305 g/mol. The van der Waals surface area contributed by atoms with E-state index in [0.29, 0.717) is 0 Å². The van der Waals surface area contributed by atoms with Crippen LogP contribution in [-0.4, -0.2) is 42.1 Å². The lowest BCUT2D eigenvalue weighted by molar-refractivity contribution is -0.0554. The van der Waals surface area contributed by atoms with E-state index in [4.69, 9.17) is 16.3 Å². The minimum absolute atomic E-state index is 0.0363. The molecule has 0 spiro atoms. The number of hydrogen-bond acceptors (Lipinski definition) is 5. The van der Waals surface area contributed by atoms with Gasteiger partial charge in [0.1, 0.15) is 28.9 Å². The lowest BCUT2D eigenvalue weighted by atomic mass is 10.2. The number of hydrogen-bond donors (Lipinski definition) is 3. The van der Waals surface area contributed by atoms with Crippen molar-refractivity contribution in [3.05, 3.63) is 27.7 Å². The van der Waals surface area contributed by atoms with Gasteiger partial charge >= 0.3 is 0 Å². The highest BCUT2D eigenvalue weighted by atomic mass is 35.5. The third-order valence-electron chi connectivity index (χ3n) is 4.53. The molecule has 21 heavy (non-hydrogen) atoms. The van der Waals surface area contributed by atoms with Crippen molar-refractivity contribution in [1.29, 1.82) is 0 Å². The van der Waals surface area contributed by atoms with Gasteiger partial charge in [0, 0.05) is 12.6 Å². The van der Waals surface area contributed by atoms with Gasteiger partial charge in [-0.25, -0.2) is 9.37 Å². The summed E-state index contributed by atoms with van der Waals surface area (Å²) < 4.78 is 20.9. The van der Waals surface area contributed by atoms with Crippen molar-refractivity contribution in [3.63, 3.8) is 0 Å². The third kappa shape index (κ3) is 1.43. The highest BCUT2D eigenvalue weighted by Gasteiger charge is 2.80. The van der Waals surface area contributed by atoms with Crippen molar-refractivity contribution in [2.45, 2.75) is 36.9 Å². The molecule has 1 unspecified atom stereocenters. The van der Waals surface area contributed by atoms with Gasteiger partial charge in [-0.2, -0.15) is 0 Å². The van der Waals surface area contributed by atoms with Gasteiger partial charge in [-0.1, -0.05) is 0 Å². The van der Waals surface area contributed by atoms with E-state index in [1.807, 2.05) is 0 Å². The molecule has 0 radical (unpaired) electrons. The van der Waals surface area contributed by atoms with Crippen molar-refractivity contribution >= 4 is 22.6 Å². The summed E-state index contributed by atoms with van der Waals surface area (Å²) in [6.45, 7) is 1.58. The van der Waals surface area contributed by atoms with E-state index in [2.05, 4.69) is 9.97 Å². The van der Waals surface area contributed by atoms with E-state index < -0.39 is 34.9 Å². The molecule has 7 nitrogen and oxygen atoms in total. The van der Waals surface area contributed by atoms with Gasteiger partial charge in [0.15, 0.2) is 11.5 Å². The maximum Gasteiger partial charge on any atom is 0.264 e. The zero-order valence-electron chi connectivity index (χ0n) is 10.8. The summed E-state index contributed by atoms with van der Waals surface area (Å²) >= 11 is 5.69. The van der Waals surface area contributed by atoms with Crippen molar-refractivity contribution in [3.8, 4) is 0 Å². The molecular formula is C12H11ClFN3O4. The number of aromatic nitrogens is 3. The highest BCUT2D eigenvalue weighted by molar-refractivity contribution is 6.28. The number of nitrogens with one attached hydrogen (secondary N) is 1. The van der Waals surface area contributed by atoms with Gasteiger partial charge in [0.2, 0.25) is 5.28 Å². The largest absolute Gasteiger partial charge is 0.387 e. The molecule has 1 aliphatic heterocycles. The lowest BCUT2D eigenvalue weighted by Crippen LogP contribution is -2.20. The van der Waals surface area contributed by atoms with Gasteiger partial charge in [-0.3, -0.25) is 9.78 Å². The smallest absolute Gasteiger partial charge is 0.264 e. The van der Waals surface area contributed by atoms with Gasteiger partial charge in [0.25, 0.3) is 5.56 Å². The molecule has 0 aromatic carbocycles. The van der Waals surface area contributed by atoms with Gasteiger partial charge in [-0.15, -0.1) is 0 Å². The second-order valence-electron chi connectivity index (χ2n) is 5.65. The summed E-state index contributed by atoms with van der Waals surface area (Å²) in [6.07, 6.45) is -0.564. The first-order valence-electron chi connectivity index (χ1n) is 6.32. The molecule has 1 saturated carbocycles. The number of nitrogens with zero attached hydrogens (tertiary/aromatic N) is 2. The van der Waals surface area contributed by atoms with E-state index in [0.717, 1.165) is 6.20 Å². The topological polar surface area (TPSA) is 100 Å². The van der Waals surface area contributed by atoms with Crippen LogP contribution in [0.25, 0.3) is 11.0 Å². The number of aliphatic hydroxyl groups excluding tert-OH is 1. The molecule has 1 saturated heterocycles. The summed E-state index contributed by atoms with van der Waals surface area (Å²) in [5, 5.41) is 19.5. The Hall–Kier alpha value is -1.48. The molecule has 0 amide bonds. The molecule has 2 aliphatic rings. The normalized spacial score (nSPS) is 38.0. The predicted molar refractivity (Wildman–Crippen MR) is 69.4 cm³/mol. The minimum Gasteiger partial charge on any atom is -0.387 e. The number of halogens is 2. The van der Waals surface area contributed by atoms with Crippen LogP contribution in [0.2, 0.25) is 5.28 Å². The molecule has 4 atom stereocenters. The fraction of sp³-hybridized carbons (Fsp3) is 0.500. The quantitative estimate of drug-likeness (QED) is 0.657. The van der Waals surface area contributed by atoms with E-state index in [1.165, 1.54) is 4.57 Å². The number of aliphatic hydroxyl groups is 2. The Labute approximate surface area is 121 Å². The second-order valence-corrected chi connectivity index (χ2v) is 6.01. The Balaban J connectivity index is 1.85. The Morgan fingerprint density at radius 1 is 1.67 bits per heavy atom. The molecule has 4 rings (SSSR count). The summed E-state index contributed by atoms with van der Waals surface area (Å²) in [4.78, 5) is 17.9. The minimum atomic E-state index is -1.37. The summed E-state index contributed by atoms with van der Waals surface area (Å²) in [5.74, 6) is -0.753. The number of aromatic amines is 1. The molecule has 2 aromatic rings. The molecule has 1 aliphatic carbocycles.